The fraction of sp³-hybridized carbons (Fsp3) is 0. The normalized spacial score (nSPS) is 14.7. The van der Waals surface area contributed by atoms with Crippen LogP contribution in [0.3, 0.4) is 0 Å². The molecule has 2 aliphatic heterocycles. The van der Waals surface area contributed by atoms with Crippen molar-refractivity contribution >= 4 is 97.3 Å². The summed E-state index contributed by atoms with van der Waals surface area (Å²) in [4.78, 5) is 0. The first-order valence-electron chi connectivity index (χ1n) is 13.1. The Kier molecular flexibility index (Phi) is 3.29. The second-order valence-corrected chi connectivity index (χ2v) is 21.2. The predicted molar refractivity (Wildman–Crippen MR) is 162 cm³/mol. The summed E-state index contributed by atoms with van der Waals surface area (Å²) in [6.45, 7) is 0. The van der Waals surface area contributed by atoms with Crippen LogP contribution in [0.1, 0.15) is 0 Å². The van der Waals surface area contributed by atoms with E-state index in [1.807, 2.05) is 0 Å². The van der Waals surface area contributed by atoms with Crippen LogP contribution >= 0.6 is 0 Å². The quantitative estimate of drug-likeness (QED) is 0.142. The van der Waals surface area contributed by atoms with E-state index < -0.39 is 18.4 Å². The fourth-order valence-electron chi connectivity index (χ4n) is 8.21. The van der Waals surface area contributed by atoms with Gasteiger partial charge in [0.05, 0.1) is 0 Å². The summed E-state index contributed by atoms with van der Waals surface area (Å²) in [6, 6.07) is 46.8. The molecule has 0 unspecified atom stereocenters. The van der Waals surface area contributed by atoms with Gasteiger partial charge < -0.3 is 0 Å². The number of hydrogen-bond donors (Lipinski definition) is 0. The maximum absolute atomic E-state index is 3.59. The van der Waals surface area contributed by atoms with Gasteiger partial charge in [0.1, 0.15) is 0 Å². The summed E-state index contributed by atoms with van der Waals surface area (Å²) >= 11 is -3.59. The van der Waals surface area contributed by atoms with Gasteiger partial charge in [-0.25, -0.2) is 0 Å². The molecule has 8 aromatic carbocycles. The first kappa shape index (κ1) is 19.3. The minimum absolute atomic E-state index is 1.38. The molecule has 1 heteroatoms. The topological polar surface area (TPSA) is 0 Å². The molecule has 168 valence electrons. The van der Waals surface area contributed by atoms with Gasteiger partial charge in [0.2, 0.25) is 0 Å². The van der Waals surface area contributed by atoms with E-state index in [0.29, 0.717) is 0 Å². The second-order valence-electron chi connectivity index (χ2n) is 10.8. The molecular formula is C36H20Sn. The molecule has 0 nitrogen and oxygen atoms in total. The summed E-state index contributed by atoms with van der Waals surface area (Å²) in [6.07, 6.45) is 0. The van der Waals surface area contributed by atoms with Crippen molar-refractivity contribution < 1.29 is 0 Å². The Balaban J connectivity index is 1.54. The first-order valence-corrected chi connectivity index (χ1v) is 18.8. The molecule has 2 heterocycles. The van der Waals surface area contributed by atoms with Crippen LogP contribution in [0.5, 0.6) is 0 Å². The Labute approximate surface area is 217 Å². The molecule has 0 radical (unpaired) electrons. The molecule has 37 heavy (non-hydrogen) atoms. The molecule has 2 aliphatic rings. The van der Waals surface area contributed by atoms with E-state index in [9.17, 15) is 0 Å². The number of rotatable bonds is 0. The molecule has 0 aromatic heterocycles. The summed E-state index contributed by atoms with van der Waals surface area (Å²) in [5.74, 6) is 0. The van der Waals surface area contributed by atoms with Crippen molar-refractivity contribution in [1.29, 1.82) is 0 Å². The molecule has 0 atom stereocenters. The van der Waals surface area contributed by atoms with Crippen molar-refractivity contribution in [2.24, 2.45) is 0 Å². The standard InChI is InChI=1S/2C18H10.Sn/c2*1-2-8-14-13(7-1)15-9-3-4-11-17(15)18-12-6-5-10-16(14)18;/h2*1-10H;. The number of fused-ring (bicyclic) bond motifs is 10. The summed E-state index contributed by atoms with van der Waals surface area (Å²) in [5, 5.41) is 17.3. The van der Waals surface area contributed by atoms with Gasteiger partial charge >= 0.3 is 219 Å². The van der Waals surface area contributed by atoms with E-state index in [1.54, 1.807) is 14.3 Å². The van der Waals surface area contributed by atoms with Crippen LogP contribution in [-0.2, 0) is 0 Å². The second kappa shape index (κ2) is 6.33. The first-order chi connectivity index (χ1) is 18.4. The van der Waals surface area contributed by atoms with Crippen LogP contribution in [0.25, 0.3) is 64.6 Å². The Hall–Kier alpha value is -3.88. The van der Waals surface area contributed by atoms with E-state index in [0.717, 1.165) is 0 Å². The molecule has 8 aromatic rings. The number of benzene rings is 8. The van der Waals surface area contributed by atoms with Crippen LogP contribution in [0.2, 0.25) is 0 Å². The molecule has 0 saturated heterocycles. The van der Waals surface area contributed by atoms with Crippen molar-refractivity contribution in [2.45, 2.75) is 0 Å². The van der Waals surface area contributed by atoms with Crippen LogP contribution in [0.4, 0.5) is 0 Å². The Morgan fingerprint density at radius 1 is 0.243 bits per heavy atom. The molecule has 0 aliphatic carbocycles. The summed E-state index contributed by atoms with van der Waals surface area (Å²) < 4.78 is 6.57. The van der Waals surface area contributed by atoms with Crippen molar-refractivity contribution in [2.75, 3.05) is 0 Å². The van der Waals surface area contributed by atoms with E-state index in [1.165, 1.54) is 64.6 Å². The third-order valence-electron chi connectivity index (χ3n) is 9.39. The molecular weight excluding hydrogens is 551 g/mol. The van der Waals surface area contributed by atoms with Gasteiger partial charge in [0, 0.05) is 0 Å². The SMILES string of the molecule is c1ccc2c(c1)c1ccc[c]3c1c1[c](cccc21)[Sn]31[c]2cccc3c4ccccc4c4ccc[c]1c4c23. The molecule has 1 spiro atoms. The van der Waals surface area contributed by atoms with E-state index in [4.69, 9.17) is 0 Å². The van der Waals surface area contributed by atoms with Gasteiger partial charge in [-0.05, 0) is 0 Å². The average molecular weight is 571 g/mol. The molecule has 0 N–H and O–H groups in total. The van der Waals surface area contributed by atoms with Gasteiger partial charge in [-0.3, -0.25) is 0 Å². The monoisotopic (exact) mass is 572 g/mol. The predicted octanol–water partition coefficient (Wildman–Crippen LogP) is 6.61. The zero-order valence-electron chi connectivity index (χ0n) is 20.0. The van der Waals surface area contributed by atoms with Crippen LogP contribution in [0.15, 0.2) is 121 Å². The zero-order valence-corrected chi connectivity index (χ0v) is 22.9. The third kappa shape index (κ3) is 1.95. The molecule has 0 bridgehead atoms. The van der Waals surface area contributed by atoms with Gasteiger partial charge in [-0.2, -0.15) is 0 Å². The van der Waals surface area contributed by atoms with Crippen LogP contribution < -0.4 is 14.3 Å². The Morgan fingerprint density at radius 3 is 0.757 bits per heavy atom. The van der Waals surface area contributed by atoms with Gasteiger partial charge in [0.15, 0.2) is 0 Å². The summed E-state index contributed by atoms with van der Waals surface area (Å²) in [5.41, 5.74) is 0. The maximum atomic E-state index is 2.50. The Bertz CT molecular complexity index is 2020. The molecule has 0 fully saturated rings. The molecule has 0 saturated carbocycles. The molecule has 0 amide bonds. The zero-order chi connectivity index (χ0) is 23.9. The van der Waals surface area contributed by atoms with Crippen molar-refractivity contribution in [1.82, 2.24) is 0 Å². The van der Waals surface area contributed by atoms with E-state index in [-0.39, 0.29) is 0 Å². The van der Waals surface area contributed by atoms with Gasteiger partial charge in [0.25, 0.3) is 0 Å². The van der Waals surface area contributed by atoms with Crippen LogP contribution in [0, 0.1) is 0 Å². The van der Waals surface area contributed by atoms with E-state index >= 15 is 0 Å². The minimum atomic E-state index is -3.59. The van der Waals surface area contributed by atoms with Crippen molar-refractivity contribution in [3.8, 4) is 0 Å². The van der Waals surface area contributed by atoms with Gasteiger partial charge in [-0.1, -0.05) is 0 Å². The van der Waals surface area contributed by atoms with Crippen molar-refractivity contribution in [3.63, 3.8) is 0 Å². The Morgan fingerprint density at radius 2 is 0.486 bits per heavy atom. The van der Waals surface area contributed by atoms with Gasteiger partial charge in [-0.15, -0.1) is 0 Å². The number of hydrogen-bond acceptors (Lipinski definition) is 0. The van der Waals surface area contributed by atoms with E-state index in [2.05, 4.69) is 121 Å². The average Bonchev–Trinajstić information content (AvgIpc) is 3.45. The third-order valence-corrected chi connectivity index (χ3v) is 23.4. The fourth-order valence-corrected chi connectivity index (χ4v) is 24.4. The van der Waals surface area contributed by atoms with Crippen molar-refractivity contribution in [3.05, 3.63) is 121 Å². The summed E-state index contributed by atoms with van der Waals surface area (Å²) in [7, 11) is 0. The van der Waals surface area contributed by atoms with Crippen LogP contribution in [-0.4, -0.2) is 18.4 Å². The molecule has 10 rings (SSSR count).